The van der Waals surface area contributed by atoms with Crippen LogP contribution in [0.15, 0.2) is 36.9 Å². The second-order valence-electron chi connectivity index (χ2n) is 5.36. The van der Waals surface area contributed by atoms with Crippen LogP contribution in [-0.4, -0.2) is 45.8 Å². The van der Waals surface area contributed by atoms with Crippen LogP contribution < -0.4 is 4.90 Å². The lowest BCUT2D eigenvalue weighted by Crippen LogP contribution is -2.47. The normalized spacial score (nSPS) is 18.2. The summed E-state index contributed by atoms with van der Waals surface area (Å²) in [7, 11) is 1.96. The molecule has 0 N–H and O–H groups in total. The molecule has 1 aliphatic heterocycles. The summed E-state index contributed by atoms with van der Waals surface area (Å²) in [5.41, 5.74) is 2.52. The second kappa shape index (κ2) is 5.63. The van der Waals surface area contributed by atoms with E-state index in [9.17, 15) is 0 Å². The van der Waals surface area contributed by atoms with Crippen molar-refractivity contribution in [1.29, 1.82) is 0 Å². The summed E-state index contributed by atoms with van der Waals surface area (Å²) in [5, 5.41) is 4.25. The van der Waals surface area contributed by atoms with Gasteiger partial charge in [-0.05, 0) is 18.6 Å². The maximum atomic E-state index is 4.25. The van der Waals surface area contributed by atoms with Gasteiger partial charge in [0.2, 0.25) is 0 Å². The van der Waals surface area contributed by atoms with Crippen molar-refractivity contribution in [3.8, 4) is 0 Å². The molecule has 2 aromatic heterocycles. The average Bonchev–Trinajstić information content (AvgIpc) is 2.94. The maximum Gasteiger partial charge on any atom is 0.0753 e. The van der Waals surface area contributed by atoms with Crippen molar-refractivity contribution in [3.63, 3.8) is 0 Å². The quantitative estimate of drug-likeness (QED) is 0.851. The Bertz CT molecular complexity index is 542. The van der Waals surface area contributed by atoms with E-state index in [-0.39, 0.29) is 0 Å². The van der Waals surface area contributed by atoms with Gasteiger partial charge in [-0.3, -0.25) is 14.6 Å². The fraction of sp³-hybridized carbons (Fsp3) is 0.467. The third-order valence-electron chi connectivity index (χ3n) is 4.09. The minimum Gasteiger partial charge on any atom is -0.366 e. The molecule has 0 radical (unpaired) electrons. The van der Waals surface area contributed by atoms with Gasteiger partial charge in [0.25, 0.3) is 0 Å². The van der Waals surface area contributed by atoms with E-state index in [0.29, 0.717) is 6.04 Å². The van der Waals surface area contributed by atoms with Gasteiger partial charge in [0, 0.05) is 57.9 Å². The number of piperazine rings is 1. The molecule has 3 rings (SSSR count). The summed E-state index contributed by atoms with van der Waals surface area (Å²) < 4.78 is 1.86. The van der Waals surface area contributed by atoms with E-state index < -0.39 is 0 Å². The highest BCUT2D eigenvalue weighted by atomic mass is 15.3. The predicted octanol–water partition coefficient (Wildman–Crippen LogP) is 1.70. The van der Waals surface area contributed by atoms with Crippen LogP contribution in [0.4, 0.5) is 5.69 Å². The van der Waals surface area contributed by atoms with Crippen LogP contribution in [0.5, 0.6) is 0 Å². The van der Waals surface area contributed by atoms with Crippen molar-refractivity contribution < 1.29 is 0 Å². The summed E-state index contributed by atoms with van der Waals surface area (Å²) in [5.74, 6) is 0. The SMILES string of the molecule is CC(c1cccnc1)N1CCN(c2cnn(C)c2)CC1. The zero-order valence-corrected chi connectivity index (χ0v) is 12.1. The van der Waals surface area contributed by atoms with E-state index >= 15 is 0 Å². The molecule has 1 aliphatic rings. The highest BCUT2D eigenvalue weighted by Crippen LogP contribution is 2.22. The Morgan fingerprint density at radius 3 is 2.55 bits per heavy atom. The third kappa shape index (κ3) is 2.67. The van der Waals surface area contributed by atoms with Gasteiger partial charge in [0.15, 0.2) is 0 Å². The Morgan fingerprint density at radius 1 is 1.15 bits per heavy atom. The molecule has 2 aromatic rings. The van der Waals surface area contributed by atoms with Gasteiger partial charge in [0.05, 0.1) is 11.9 Å². The number of aryl methyl sites for hydroxylation is 1. The lowest BCUT2D eigenvalue weighted by molar-refractivity contribution is 0.198. The van der Waals surface area contributed by atoms with Gasteiger partial charge in [-0.1, -0.05) is 6.07 Å². The molecule has 3 heterocycles. The predicted molar refractivity (Wildman–Crippen MR) is 79.6 cm³/mol. The molecular formula is C15H21N5. The topological polar surface area (TPSA) is 37.2 Å². The Morgan fingerprint density at radius 2 is 1.95 bits per heavy atom. The molecule has 0 bridgehead atoms. The Balaban J connectivity index is 1.61. The van der Waals surface area contributed by atoms with Crippen molar-refractivity contribution >= 4 is 5.69 Å². The van der Waals surface area contributed by atoms with Crippen LogP contribution in [0.1, 0.15) is 18.5 Å². The number of rotatable bonds is 3. The fourth-order valence-corrected chi connectivity index (χ4v) is 2.77. The first-order valence-electron chi connectivity index (χ1n) is 7.11. The minimum absolute atomic E-state index is 0.430. The summed E-state index contributed by atoms with van der Waals surface area (Å²) in [6, 6.07) is 4.60. The first kappa shape index (κ1) is 13.1. The van der Waals surface area contributed by atoms with Crippen LogP contribution >= 0.6 is 0 Å². The standard InChI is InChI=1S/C15H21N5/c1-13(14-4-3-5-16-10-14)19-6-8-20(9-7-19)15-11-17-18(2)12-15/h3-5,10-13H,6-9H2,1-2H3. The molecule has 0 aromatic carbocycles. The minimum atomic E-state index is 0.430. The lowest BCUT2D eigenvalue weighted by atomic mass is 10.1. The Kier molecular flexibility index (Phi) is 3.69. The number of pyridine rings is 1. The molecule has 0 amide bonds. The molecule has 5 heteroatoms. The van der Waals surface area contributed by atoms with Crippen molar-refractivity contribution in [2.45, 2.75) is 13.0 Å². The molecule has 0 saturated carbocycles. The summed E-state index contributed by atoms with van der Waals surface area (Å²) in [4.78, 5) is 9.14. The van der Waals surface area contributed by atoms with Gasteiger partial charge < -0.3 is 4.90 Å². The van der Waals surface area contributed by atoms with Crippen LogP contribution in [0.2, 0.25) is 0 Å². The molecule has 5 nitrogen and oxygen atoms in total. The average molecular weight is 271 g/mol. The van der Waals surface area contributed by atoms with Crippen LogP contribution in [0, 0.1) is 0 Å². The van der Waals surface area contributed by atoms with E-state index in [4.69, 9.17) is 0 Å². The third-order valence-corrected chi connectivity index (χ3v) is 4.09. The van der Waals surface area contributed by atoms with E-state index in [0.717, 1.165) is 26.2 Å². The summed E-state index contributed by atoms with van der Waals surface area (Å²) in [6.45, 7) is 6.51. The lowest BCUT2D eigenvalue weighted by Gasteiger charge is -2.38. The van der Waals surface area contributed by atoms with Crippen molar-refractivity contribution in [2.75, 3.05) is 31.1 Å². The number of hydrogen-bond donors (Lipinski definition) is 0. The van der Waals surface area contributed by atoms with E-state index in [1.807, 2.05) is 36.4 Å². The molecule has 0 spiro atoms. The second-order valence-corrected chi connectivity index (χ2v) is 5.36. The molecule has 20 heavy (non-hydrogen) atoms. The highest BCUT2D eigenvalue weighted by molar-refractivity contribution is 5.42. The van der Waals surface area contributed by atoms with Gasteiger partial charge in [-0.25, -0.2) is 0 Å². The number of nitrogens with zero attached hydrogens (tertiary/aromatic N) is 5. The van der Waals surface area contributed by atoms with Gasteiger partial charge in [0.1, 0.15) is 0 Å². The largest absolute Gasteiger partial charge is 0.366 e. The van der Waals surface area contributed by atoms with E-state index in [1.165, 1.54) is 11.3 Å². The van der Waals surface area contributed by atoms with E-state index in [2.05, 4.69) is 39.1 Å². The fourth-order valence-electron chi connectivity index (χ4n) is 2.77. The Hall–Kier alpha value is -1.88. The highest BCUT2D eigenvalue weighted by Gasteiger charge is 2.22. The zero-order valence-electron chi connectivity index (χ0n) is 12.1. The molecule has 1 fully saturated rings. The summed E-state index contributed by atoms with van der Waals surface area (Å²) >= 11 is 0. The molecule has 1 saturated heterocycles. The zero-order chi connectivity index (χ0) is 13.9. The molecular weight excluding hydrogens is 250 g/mol. The van der Waals surface area contributed by atoms with Crippen LogP contribution in [-0.2, 0) is 7.05 Å². The summed E-state index contributed by atoms with van der Waals surface area (Å²) in [6.07, 6.45) is 7.83. The molecule has 1 unspecified atom stereocenters. The van der Waals surface area contributed by atoms with Gasteiger partial charge >= 0.3 is 0 Å². The first-order chi connectivity index (χ1) is 9.74. The number of aromatic nitrogens is 3. The van der Waals surface area contributed by atoms with Gasteiger partial charge in [-0.15, -0.1) is 0 Å². The maximum absolute atomic E-state index is 4.25. The number of anilines is 1. The molecule has 1 atom stereocenters. The van der Waals surface area contributed by atoms with Crippen molar-refractivity contribution in [3.05, 3.63) is 42.5 Å². The van der Waals surface area contributed by atoms with Crippen LogP contribution in [0.25, 0.3) is 0 Å². The number of hydrogen-bond acceptors (Lipinski definition) is 4. The smallest absolute Gasteiger partial charge is 0.0753 e. The molecule has 0 aliphatic carbocycles. The van der Waals surface area contributed by atoms with E-state index in [1.54, 1.807) is 0 Å². The van der Waals surface area contributed by atoms with Crippen molar-refractivity contribution in [1.82, 2.24) is 19.7 Å². The first-order valence-corrected chi connectivity index (χ1v) is 7.11. The van der Waals surface area contributed by atoms with Crippen LogP contribution in [0.3, 0.4) is 0 Å². The molecule has 106 valence electrons. The monoisotopic (exact) mass is 271 g/mol. The van der Waals surface area contributed by atoms with Gasteiger partial charge in [-0.2, -0.15) is 5.10 Å². The Labute approximate surface area is 119 Å². The van der Waals surface area contributed by atoms with Crippen molar-refractivity contribution in [2.24, 2.45) is 7.05 Å².